The van der Waals surface area contributed by atoms with E-state index in [1.54, 1.807) is 24.3 Å². The van der Waals surface area contributed by atoms with Crippen molar-refractivity contribution in [3.8, 4) is 5.75 Å². The van der Waals surface area contributed by atoms with Gasteiger partial charge in [0.1, 0.15) is 11.5 Å². The van der Waals surface area contributed by atoms with Crippen LogP contribution in [0, 0.1) is 0 Å². The van der Waals surface area contributed by atoms with E-state index in [9.17, 15) is 19.8 Å². The number of fused-ring (bicyclic) bond motifs is 1. The van der Waals surface area contributed by atoms with Crippen molar-refractivity contribution in [3.63, 3.8) is 0 Å². The molecule has 7 heteroatoms. The summed E-state index contributed by atoms with van der Waals surface area (Å²) in [5.41, 5.74) is 0.162. The first-order valence-corrected chi connectivity index (χ1v) is 11.0. The number of benzene rings is 2. The quantitative estimate of drug-likeness (QED) is 0.347. The van der Waals surface area contributed by atoms with Crippen LogP contribution in [0.3, 0.4) is 0 Å². The van der Waals surface area contributed by atoms with E-state index >= 15 is 0 Å². The number of carbonyl (C=O) groups excluding carboxylic acids is 2. The maximum Gasteiger partial charge on any atom is 0.295 e. The molecule has 0 aliphatic carbocycles. The standard InChI is InChI=1S/C24H24N2O4S/c1-25(2)12-6-13-26-20(18-9-5-14-31-18)19(23(29)24(26)30)22(28)17-11-10-15-7-3-4-8-16(15)21(17)27/h3-5,7-11,14,20,27-28H,6,12-13H2,1-2H3/b22-19+. The van der Waals surface area contributed by atoms with Crippen LogP contribution in [0.15, 0.2) is 59.5 Å². The van der Waals surface area contributed by atoms with Crippen LogP contribution in [0.2, 0.25) is 0 Å². The molecule has 6 nitrogen and oxygen atoms in total. The number of phenolic OH excluding ortho intramolecular Hbond substituents is 1. The van der Waals surface area contributed by atoms with Gasteiger partial charge in [0.25, 0.3) is 11.7 Å². The average Bonchev–Trinajstić information content (AvgIpc) is 3.36. The van der Waals surface area contributed by atoms with Crippen molar-refractivity contribution in [1.82, 2.24) is 9.80 Å². The zero-order valence-electron chi connectivity index (χ0n) is 17.4. The average molecular weight is 437 g/mol. The summed E-state index contributed by atoms with van der Waals surface area (Å²) >= 11 is 1.43. The lowest BCUT2D eigenvalue weighted by Gasteiger charge is -2.24. The highest BCUT2D eigenvalue weighted by atomic mass is 32.1. The Labute approximate surface area is 184 Å². The maximum absolute atomic E-state index is 13.0. The molecule has 0 radical (unpaired) electrons. The molecule has 0 bridgehead atoms. The first-order chi connectivity index (χ1) is 14.9. The SMILES string of the molecule is CN(C)CCCN1C(=O)C(=O)/C(=C(/O)c2ccc3ccccc3c2O)C1c1cccs1. The van der Waals surface area contributed by atoms with Gasteiger partial charge in [-0.25, -0.2) is 0 Å². The molecule has 3 aromatic rings. The van der Waals surface area contributed by atoms with E-state index < -0.39 is 17.7 Å². The third kappa shape index (κ3) is 3.82. The fourth-order valence-corrected chi connectivity index (χ4v) is 4.85. The van der Waals surface area contributed by atoms with Gasteiger partial charge < -0.3 is 20.0 Å². The molecular formula is C24H24N2O4S. The summed E-state index contributed by atoms with van der Waals surface area (Å²) in [6.07, 6.45) is 0.698. The minimum absolute atomic E-state index is 0.0166. The molecule has 31 heavy (non-hydrogen) atoms. The van der Waals surface area contributed by atoms with Gasteiger partial charge in [0, 0.05) is 16.8 Å². The highest BCUT2D eigenvalue weighted by Crippen LogP contribution is 2.43. The Morgan fingerprint density at radius 3 is 2.58 bits per heavy atom. The lowest BCUT2D eigenvalue weighted by molar-refractivity contribution is -0.139. The van der Waals surface area contributed by atoms with Crippen molar-refractivity contribution in [3.05, 3.63) is 69.9 Å². The summed E-state index contributed by atoms with van der Waals surface area (Å²) < 4.78 is 0. The monoisotopic (exact) mass is 436 g/mol. The van der Waals surface area contributed by atoms with Gasteiger partial charge in [-0.3, -0.25) is 9.59 Å². The molecule has 0 saturated carbocycles. The molecule has 1 saturated heterocycles. The molecule has 1 atom stereocenters. The van der Waals surface area contributed by atoms with Crippen molar-refractivity contribution in [2.75, 3.05) is 27.2 Å². The van der Waals surface area contributed by atoms with Gasteiger partial charge >= 0.3 is 0 Å². The summed E-state index contributed by atoms with van der Waals surface area (Å²) in [5, 5.41) is 25.2. The van der Waals surface area contributed by atoms with Gasteiger partial charge in [-0.2, -0.15) is 0 Å². The van der Waals surface area contributed by atoms with Crippen molar-refractivity contribution in [1.29, 1.82) is 0 Å². The van der Waals surface area contributed by atoms with E-state index in [1.165, 1.54) is 16.2 Å². The molecule has 2 heterocycles. The van der Waals surface area contributed by atoms with Gasteiger partial charge in [-0.15, -0.1) is 11.3 Å². The number of likely N-dealkylation sites (tertiary alicyclic amines) is 1. The number of Topliss-reactive ketones (excluding diaryl/α,β-unsaturated/α-hetero) is 1. The Balaban J connectivity index is 1.83. The van der Waals surface area contributed by atoms with Crippen LogP contribution in [-0.4, -0.2) is 58.9 Å². The molecule has 1 unspecified atom stereocenters. The van der Waals surface area contributed by atoms with Crippen molar-refractivity contribution in [2.45, 2.75) is 12.5 Å². The zero-order chi connectivity index (χ0) is 22.1. The second kappa shape index (κ2) is 8.53. The third-order valence-electron chi connectivity index (χ3n) is 5.51. The van der Waals surface area contributed by atoms with E-state index in [-0.39, 0.29) is 22.6 Å². The van der Waals surface area contributed by atoms with Gasteiger partial charge in [-0.1, -0.05) is 36.4 Å². The van der Waals surface area contributed by atoms with E-state index in [0.717, 1.165) is 16.8 Å². The van der Waals surface area contributed by atoms with Crippen LogP contribution in [0.4, 0.5) is 0 Å². The third-order valence-corrected chi connectivity index (χ3v) is 6.44. The molecule has 1 fully saturated rings. The summed E-state index contributed by atoms with van der Waals surface area (Å²) in [7, 11) is 3.90. The summed E-state index contributed by atoms with van der Waals surface area (Å²) in [4.78, 5) is 30.2. The van der Waals surface area contributed by atoms with Crippen LogP contribution in [-0.2, 0) is 9.59 Å². The minimum Gasteiger partial charge on any atom is -0.507 e. The van der Waals surface area contributed by atoms with E-state index in [0.29, 0.717) is 18.4 Å². The molecule has 2 aromatic carbocycles. The number of aliphatic hydroxyl groups excluding tert-OH is 1. The second-order valence-electron chi connectivity index (χ2n) is 7.85. The molecule has 4 rings (SSSR count). The van der Waals surface area contributed by atoms with Crippen molar-refractivity contribution < 1.29 is 19.8 Å². The number of aromatic hydroxyl groups is 1. The lowest BCUT2D eigenvalue weighted by Crippen LogP contribution is -2.32. The summed E-state index contributed by atoms with van der Waals surface area (Å²) in [6, 6.07) is 13.6. The van der Waals surface area contributed by atoms with Crippen LogP contribution in [0.1, 0.15) is 22.9 Å². The zero-order valence-corrected chi connectivity index (χ0v) is 18.2. The highest BCUT2D eigenvalue weighted by molar-refractivity contribution is 7.10. The van der Waals surface area contributed by atoms with Gasteiger partial charge in [0.15, 0.2) is 0 Å². The largest absolute Gasteiger partial charge is 0.507 e. The normalized spacial score (nSPS) is 18.4. The van der Waals surface area contributed by atoms with Crippen molar-refractivity contribution in [2.24, 2.45) is 0 Å². The Morgan fingerprint density at radius 2 is 1.87 bits per heavy atom. The maximum atomic E-state index is 13.0. The molecule has 1 aliphatic rings. The predicted molar refractivity (Wildman–Crippen MR) is 122 cm³/mol. The number of amides is 1. The van der Waals surface area contributed by atoms with Crippen LogP contribution in [0.25, 0.3) is 16.5 Å². The molecule has 1 amide bonds. The number of carbonyl (C=O) groups is 2. The first-order valence-electron chi connectivity index (χ1n) is 10.1. The van der Waals surface area contributed by atoms with Gasteiger partial charge in [0.2, 0.25) is 0 Å². The molecular weight excluding hydrogens is 412 g/mol. The smallest absolute Gasteiger partial charge is 0.295 e. The second-order valence-corrected chi connectivity index (χ2v) is 8.83. The number of phenols is 1. The molecule has 0 spiro atoms. The minimum atomic E-state index is -0.728. The predicted octanol–water partition coefficient (Wildman–Crippen LogP) is 3.98. The lowest BCUT2D eigenvalue weighted by atomic mass is 9.97. The van der Waals surface area contributed by atoms with E-state index in [4.69, 9.17) is 0 Å². The fourth-order valence-electron chi connectivity index (χ4n) is 4.00. The number of hydrogen-bond donors (Lipinski definition) is 2. The van der Waals surface area contributed by atoms with Gasteiger partial charge in [-0.05, 0) is 50.0 Å². The number of ketones is 1. The Morgan fingerprint density at radius 1 is 1.10 bits per heavy atom. The Hall–Kier alpha value is -3.16. The number of aliphatic hydroxyl groups is 1. The summed E-state index contributed by atoms with van der Waals surface area (Å²) in [5.74, 6) is -1.82. The molecule has 2 N–H and O–H groups in total. The highest BCUT2D eigenvalue weighted by Gasteiger charge is 2.46. The number of hydrogen-bond acceptors (Lipinski definition) is 6. The summed E-state index contributed by atoms with van der Waals surface area (Å²) in [6.45, 7) is 1.16. The number of rotatable bonds is 6. The van der Waals surface area contributed by atoms with Crippen LogP contribution in [0.5, 0.6) is 5.75 Å². The number of thiophene rings is 1. The van der Waals surface area contributed by atoms with E-state index in [2.05, 4.69) is 0 Å². The van der Waals surface area contributed by atoms with Crippen molar-refractivity contribution >= 4 is 39.6 Å². The van der Waals surface area contributed by atoms with Crippen LogP contribution < -0.4 is 0 Å². The molecule has 1 aliphatic heterocycles. The number of nitrogens with zero attached hydrogens (tertiary/aromatic N) is 2. The molecule has 1 aromatic heterocycles. The molecule has 160 valence electrons. The Kier molecular flexibility index (Phi) is 5.80. The fraction of sp³-hybridized carbons (Fsp3) is 0.250. The Bertz CT molecular complexity index is 1170. The topological polar surface area (TPSA) is 81.1 Å². The van der Waals surface area contributed by atoms with Gasteiger partial charge in [0.05, 0.1) is 17.2 Å². The van der Waals surface area contributed by atoms with Crippen LogP contribution >= 0.6 is 11.3 Å². The van der Waals surface area contributed by atoms with E-state index in [1.807, 2.05) is 48.6 Å². The first kappa shape index (κ1) is 21.1.